The van der Waals surface area contributed by atoms with E-state index in [9.17, 15) is 13.2 Å². The van der Waals surface area contributed by atoms with Gasteiger partial charge >= 0.3 is 0 Å². The van der Waals surface area contributed by atoms with Crippen molar-refractivity contribution in [2.24, 2.45) is 0 Å². The molecule has 2 fully saturated rings. The third kappa shape index (κ3) is 3.72. The number of carbonyl (C=O) groups is 1. The minimum absolute atomic E-state index is 0.182. The van der Waals surface area contributed by atoms with Gasteiger partial charge in [-0.2, -0.15) is 4.31 Å². The predicted octanol–water partition coefficient (Wildman–Crippen LogP) is 1.000. The average Bonchev–Trinajstić information content (AvgIpc) is 2.75. The highest BCUT2D eigenvalue weighted by molar-refractivity contribution is 7.88. The summed E-state index contributed by atoms with van der Waals surface area (Å²) in [6.45, 7) is 1.72. The van der Waals surface area contributed by atoms with Crippen LogP contribution >= 0.6 is 11.6 Å². The molecule has 0 N–H and O–H groups in total. The number of aromatic nitrogens is 1. The Morgan fingerprint density at radius 1 is 1.29 bits per heavy atom. The first kappa shape index (κ1) is 17.6. The molecule has 7 nitrogen and oxygen atoms in total. The molecule has 2 atom stereocenters. The second-order valence-electron chi connectivity index (χ2n) is 6.07. The van der Waals surface area contributed by atoms with Crippen LogP contribution in [0, 0.1) is 0 Å². The van der Waals surface area contributed by atoms with Crippen molar-refractivity contribution in [3.05, 3.63) is 29.0 Å². The minimum Gasteiger partial charge on any atom is -0.375 e. The Labute approximate surface area is 146 Å². The van der Waals surface area contributed by atoms with Gasteiger partial charge in [0.2, 0.25) is 10.0 Å². The van der Waals surface area contributed by atoms with Gasteiger partial charge in [0.1, 0.15) is 10.8 Å². The molecule has 3 heterocycles. The van der Waals surface area contributed by atoms with E-state index in [4.69, 9.17) is 16.3 Å². The number of hydrogen-bond acceptors (Lipinski definition) is 5. The summed E-state index contributed by atoms with van der Waals surface area (Å²) in [6, 6.07) is 4.71. The predicted molar refractivity (Wildman–Crippen MR) is 89.5 cm³/mol. The van der Waals surface area contributed by atoms with E-state index in [1.165, 1.54) is 10.6 Å². The van der Waals surface area contributed by atoms with E-state index in [2.05, 4.69) is 4.98 Å². The zero-order chi connectivity index (χ0) is 17.3. The quantitative estimate of drug-likeness (QED) is 0.722. The Kier molecular flexibility index (Phi) is 5.10. The van der Waals surface area contributed by atoms with E-state index < -0.39 is 10.0 Å². The molecule has 0 radical (unpaired) electrons. The van der Waals surface area contributed by atoms with Gasteiger partial charge in [0.25, 0.3) is 5.91 Å². The highest BCUT2D eigenvalue weighted by Crippen LogP contribution is 2.26. The van der Waals surface area contributed by atoms with Crippen molar-refractivity contribution >= 4 is 27.5 Å². The first-order valence-electron chi connectivity index (χ1n) is 7.86. The first-order chi connectivity index (χ1) is 11.4. The molecule has 2 aliphatic heterocycles. The lowest BCUT2D eigenvalue weighted by molar-refractivity contribution is -0.0406. The second kappa shape index (κ2) is 6.95. The van der Waals surface area contributed by atoms with E-state index in [0.29, 0.717) is 44.8 Å². The molecular formula is C15H20ClN3O4S. The Bertz CT molecular complexity index is 727. The molecule has 132 valence electrons. The van der Waals surface area contributed by atoms with Gasteiger partial charge < -0.3 is 9.64 Å². The fraction of sp³-hybridized carbons (Fsp3) is 0.600. The van der Waals surface area contributed by atoms with Gasteiger partial charge in [-0.3, -0.25) is 4.79 Å². The molecule has 1 amide bonds. The van der Waals surface area contributed by atoms with Crippen LogP contribution in [0.15, 0.2) is 18.2 Å². The van der Waals surface area contributed by atoms with Crippen LogP contribution in [0.2, 0.25) is 5.15 Å². The third-order valence-corrected chi connectivity index (χ3v) is 5.98. The maximum absolute atomic E-state index is 12.6. The van der Waals surface area contributed by atoms with Gasteiger partial charge in [-0.25, -0.2) is 13.4 Å². The molecule has 24 heavy (non-hydrogen) atoms. The van der Waals surface area contributed by atoms with Crippen LogP contribution < -0.4 is 0 Å². The van der Waals surface area contributed by atoms with Crippen LogP contribution in [0.3, 0.4) is 0 Å². The van der Waals surface area contributed by atoms with Gasteiger partial charge in [-0.1, -0.05) is 17.7 Å². The van der Waals surface area contributed by atoms with Gasteiger partial charge in [-0.15, -0.1) is 0 Å². The molecule has 1 aromatic heterocycles. The van der Waals surface area contributed by atoms with Crippen molar-refractivity contribution < 1.29 is 17.9 Å². The fourth-order valence-corrected chi connectivity index (χ4v) is 4.65. The number of ether oxygens (including phenoxy) is 1. The van der Waals surface area contributed by atoms with Crippen LogP contribution in [0.1, 0.15) is 23.3 Å². The van der Waals surface area contributed by atoms with E-state index in [-0.39, 0.29) is 23.2 Å². The number of nitrogens with zero attached hydrogens (tertiary/aromatic N) is 3. The number of halogens is 1. The highest BCUT2D eigenvalue weighted by atomic mass is 35.5. The molecule has 2 saturated heterocycles. The molecule has 1 aromatic rings. The van der Waals surface area contributed by atoms with E-state index in [0.717, 1.165) is 0 Å². The third-order valence-electron chi connectivity index (χ3n) is 4.47. The summed E-state index contributed by atoms with van der Waals surface area (Å²) in [4.78, 5) is 18.4. The molecule has 0 bridgehead atoms. The average molecular weight is 374 g/mol. The Balaban J connectivity index is 1.76. The zero-order valence-electron chi connectivity index (χ0n) is 13.4. The van der Waals surface area contributed by atoms with E-state index in [1.54, 1.807) is 23.1 Å². The zero-order valence-corrected chi connectivity index (χ0v) is 15.0. The van der Waals surface area contributed by atoms with Gasteiger partial charge in [0, 0.05) is 19.6 Å². The van der Waals surface area contributed by atoms with Crippen molar-refractivity contribution in [1.82, 2.24) is 14.2 Å². The van der Waals surface area contributed by atoms with Crippen molar-refractivity contribution in [2.45, 2.75) is 25.0 Å². The number of amides is 1. The van der Waals surface area contributed by atoms with Crippen molar-refractivity contribution in [2.75, 3.05) is 32.5 Å². The van der Waals surface area contributed by atoms with Crippen molar-refractivity contribution in [1.29, 1.82) is 0 Å². The van der Waals surface area contributed by atoms with Crippen molar-refractivity contribution in [3.63, 3.8) is 0 Å². The lowest BCUT2D eigenvalue weighted by Gasteiger charge is -2.38. The molecule has 3 rings (SSSR count). The minimum atomic E-state index is -3.29. The number of rotatable bonds is 2. The van der Waals surface area contributed by atoms with Gasteiger partial charge in [0.05, 0.1) is 25.0 Å². The van der Waals surface area contributed by atoms with Crippen LogP contribution in [0.5, 0.6) is 0 Å². The summed E-state index contributed by atoms with van der Waals surface area (Å²) in [5.41, 5.74) is 0.299. The number of morpholine rings is 1. The topological polar surface area (TPSA) is 79.8 Å². The fourth-order valence-electron chi connectivity index (χ4n) is 3.35. The summed E-state index contributed by atoms with van der Waals surface area (Å²) < 4.78 is 31.3. The van der Waals surface area contributed by atoms with Gasteiger partial charge in [0.15, 0.2) is 0 Å². The number of carbonyl (C=O) groups excluding carboxylic acids is 1. The summed E-state index contributed by atoms with van der Waals surface area (Å²) in [6.07, 6.45) is 2.19. The second-order valence-corrected chi connectivity index (χ2v) is 8.39. The van der Waals surface area contributed by atoms with E-state index >= 15 is 0 Å². The number of fused-ring (bicyclic) bond motifs is 1. The normalized spacial score (nSPS) is 25.8. The largest absolute Gasteiger partial charge is 0.375 e. The smallest absolute Gasteiger partial charge is 0.272 e. The van der Waals surface area contributed by atoms with Crippen LogP contribution in [-0.4, -0.2) is 73.2 Å². The number of hydrogen-bond donors (Lipinski definition) is 0. The molecule has 0 saturated carbocycles. The highest BCUT2D eigenvalue weighted by Gasteiger charge is 2.39. The maximum Gasteiger partial charge on any atom is 0.272 e. The molecule has 0 aromatic carbocycles. The SMILES string of the molecule is CS(=O)(=O)N1CCO[C@@H]2CCN(C(=O)c3cccc(Cl)n3)CC[C@H]21. The Morgan fingerprint density at radius 3 is 2.75 bits per heavy atom. The molecule has 0 spiro atoms. The lowest BCUT2D eigenvalue weighted by Crippen LogP contribution is -2.53. The molecule has 9 heteroatoms. The maximum atomic E-state index is 12.6. The lowest BCUT2D eigenvalue weighted by atomic mass is 10.0. The summed E-state index contributed by atoms with van der Waals surface area (Å²) >= 11 is 5.85. The van der Waals surface area contributed by atoms with Crippen LogP contribution in [-0.2, 0) is 14.8 Å². The molecule has 0 unspecified atom stereocenters. The summed E-state index contributed by atoms with van der Waals surface area (Å²) in [5, 5.41) is 0.274. The Hall–Kier alpha value is -1.22. The number of pyridine rings is 1. The number of likely N-dealkylation sites (tertiary alicyclic amines) is 1. The summed E-state index contributed by atoms with van der Waals surface area (Å²) in [7, 11) is -3.29. The van der Waals surface area contributed by atoms with Gasteiger partial charge in [-0.05, 0) is 25.0 Å². The monoisotopic (exact) mass is 373 g/mol. The van der Waals surface area contributed by atoms with Crippen molar-refractivity contribution in [3.8, 4) is 0 Å². The van der Waals surface area contributed by atoms with Crippen LogP contribution in [0.4, 0.5) is 0 Å². The first-order valence-corrected chi connectivity index (χ1v) is 10.1. The molecule has 0 aliphatic carbocycles. The number of sulfonamides is 1. The Morgan fingerprint density at radius 2 is 2.04 bits per heavy atom. The summed E-state index contributed by atoms with van der Waals surface area (Å²) in [5.74, 6) is -0.193. The standard InChI is InChI=1S/C15H20ClN3O4S/c1-24(21,22)19-9-10-23-13-6-8-18(7-5-12(13)19)15(20)11-3-2-4-14(16)17-11/h2-4,12-13H,5-10H2,1H3/t12-,13-/m1/s1. The van der Waals surface area contributed by atoms with Crippen LogP contribution in [0.25, 0.3) is 0 Å². The van der Waals surface area contributed by atoms with E-state index in [1.807, 2.05) is 0 Å². The molecule has 2 aliphatic rings. The molecular weight excluding hydrogens is 354 g/mol.